The molecule has 0 radical (unpaired) electrons. The molecular weight excluding hydrogens is 254 g/mol. The second-order valence-electron chi connectivity index (χ2n) is 5.86. The number of hydrogen-bond acceptors (Lipinski definition) is 4. The second kappa shape index (κ2) is 4.28. The number of nitrogens with one attached hydrogen (secondary N) is 1. The molecule has 0 saturated heterocycles. The van der Waals surface area contributed by atoms with Gasteiger partial charge in [0.25, 0.3) is 0 Å². The Morgan fingerprint density at radius 1 is 1.30 bits per heavy atom. The highest BCUT2D eigenvalue weighted by molar-refractivity contribution is 5.93. The van der Waals surface area contributed by atoms with Crippen molar-refractivity contribution in [3.8, 4) is 0 Å². The highest BCUT2D eigenvalue weighted by Gasteiger charge is 2.49. The van der Waals surface area contributed by atoms with Gasteiger partial charge in [-0.25, -0.2) is 4.98 Å². The zero-order valence-electron chi connectivity index (χ0n) is 11.1. The summed E-state index contributed by atoms with van der Waals surface area (Å²) in [5.74, 6) is 1.59. The van der Waals surface area contributed by atoms with Crippen LogP contribution in [0.4, 0.5) is 5.82 Å². The van der Waals surface area contributed by atoms with Gasteiger partial charge in [-0.1, -0.05) is 0 Å². The Hall–Kier alpha value is -1.95. The maximum absolute atomic E-state index is 12.5. The average molecular weight is 271 g/mol. The Kier molecular flexibility index (Phi) is 2.53. The first-order valence-corrected chi connectivity index (χ1v) is 7.09. The number of amides is 1. The third-order valence-electron chi connectivity index (χ3n) is 4.82. The molecule has 2 aliphatic rings. The Morgan fingerprint density at radius 2 is 2.15 bits per heavy atom. The van der Waals surface area contributed by atoms with Gasteiger partial charge in [-0.3, -0.25) is 4.79 Å². The summed E-state index contributed by atoms with van der Waals surface area (Å²) in [6.07, 6.45) is 6.75. The van der Waals surface area contributed by atoms with Crippen molar-refractivity contribution in [1.82, 2.24) is 14.6 Å². The molecule has 2 aromatic heterocycles. The van der Waals surface area contributed by atoms with Crippen LogP contribution in [0.25, 0.3) is 5.65 Å². The monoisotopic (exact) mass is 271 g/mol. The molecule has 1 amide bonds. The molecule has 20 heavy (non-hydrogen) atoms. The van der Waals surface area contributed by atoms with Crippen LogP contribution in [-0.4, -0.2) is 26.5 Å². The molecule has 2 heterocycles. The standard InChI is InChI=1S/C14H17N5O/c15-13-9-2-1-8(7-9)12(13)14(20)18-11-3-5-16-10-4-6-17-19(10)11/h3-6,8-9,12-13H,1-2,7,15H2,(H,18,20). The number of fused-ring (bicyclic) bond motifs is 3. The van der Waals surface area contributed by atoms with Crippen LogP contribution in [0, 0.1) is 17.8 Å². The van der Waals surface area contributed by atoms with Crippen LogP contribution in [0.1, 0.15) is 19.3 Å². The summed E-state index contributed by atoms with van der Waals surface area (Å²) in [6.45, 7) is 0. The molecule has 4 atom stereocenters. The SMILES string of the molecule is NC1C2CCC(C2)C1C(=O)Nc1ccnc2ccnn12. The zero-order chi connectivity index (χ0) is 13.7. The molecule has 104 valence electrons. The first-order valence-electron chi connectivity index (χ1n) is 7.09. The minimum Gasteiger partial charge on any atom is -0.327 e. The maximum Gasteiger partial charge on any atom is 0.230 e. The molecule has 3 N–H and O–H groups in total. The summed E-state index contributed by atoms with van der Waals surface area (Å²) in [7, 11) is 0. The van der Waals surface area contributed by atoms with Crippen molar-refractivity contribution in [2.24, 2.45) is 23.5 Å². The summed E-state index contributed by atoms with van der Waals surface area (Å²) in [6, 6.07) is 3.57. The molecule has 4 unspecified atom stereocenters. The van der Waals surface area contributed by atoms with Gasteiger partial charge in [-0.2, -0.15) is 9.61 Å². The highest BCUT2D eigenvalue weighted by Crippen LogP contribution is 2.47. The normalized spacial score (nSPS) is 31.9. The molecule has 2 aromatic rings. The van der Waals surface area contributed by atoms with Crippen LogP contribution in [-0.2, 0) is 4.79 Å². The summed E-state index contributed by atoms with van der Waals surface area (Å²) in [5.41, 5.74) is 6.94. The van der Waals surface area contributed by atoms with E-state index < -0.39 is 0 Å². The van der Waals surface area contributed by atoms with Gasteiger partial charge in [0.1, 0.15) is 5.82 Å². The molecule has 2 bridgehead atoms. The number of rotatable bonds is 2. The number of nitrogens with zero attached hydrogens (tertiary/aromatic N) is 3. The number of aromatic nitrogens is 3. The van der Waals surface area contributed by atoms with Crippen molar-refractivity contribution in [1.29, 1.82) is 0 Å². The fraction of sp³-hybridized carbons (Fsp3) is 0.500. The number of nitrogens with two attached hydrogens (primary N) is 1. The van der Waals surface area contributed by atoms with Gasteiger partial charge >= 0.3 is 0 Å². The van der Waals surface area contributed by atoms with E-state index in [1.54, 1.807) is 29.0 Å². The van der Waals surface area contributed by atoms with E-state index in [0.717, 1.165) is 18.5 Å². The van der Waals surface area contributed by atoms with Crippen molar-refractivity contribution in [2.75, 3.05) is 5.32 Å². The fourth-order valence-electron chi connectivity index (χ4n) is 3.86. The van der Waals surface area contributed by atoms with Crippen molar-refractivity contribution in [3.05, 3.63) is 24.5 Å². The van der Waals surface area contributed by atoms with Gasteiger partial charge < -0.3 is 11.1 Å². The lowest BCUT2D eigenvalue weighted by atomic mass is 9.84. The summed E-state index contributed by atoms with van der Waals surface area (Å²) in [4.78, 5) is 16.7. The van der Waals surface area contributed by atoms with Gasteiger partial charge in [0.05, 0.1) is 12.1 Å². The first-order chi connectivity index (χ1) is 9.74. The van der Waals surface area contributed by atoms with E-state index >= 15 is 0 Å². The fourth-order valence-corrected chi connectivity index (χ4v) is 3.86. The Morgan fingerprint density at radius 3 is 2.95 bits per heavy atom. The second-order valence-corrected chi connectivity index (χ2v) is 5.86. The third kappa shape index (κ3) is 1.64. The molecule has 0 aliphatic heterocycles. The number of hydrogen-bond donors (Lipinski definition) is 2. The van der Waals surface area contributed by atoms with E-state index in [0.29, 0.717) is 17.7 Å². The van der Waals surface area contributed by atoms with Crippen LogP contribution in [0.3, 0.4) is 0 Å². The Bertz CT molecular complexity index is 664. The average Bonchev–Trinajstić information content (AvgIpc) is 3.13. The molecule has 2 aliphatic carbocycles. The quantitative estimate of drug-likeness (QED) is 0.854. The first kappa shape index (κ1) is 11.8. The molecular formula is C14H17N5O. The predicted molar refractivity (Wildman–Crippen MR) is 73.9 cm³/mol. The van der Waals surface area contributed by atoms with Crippen molar-refractivity contribution < 1.29 is 4.79 Å². The number of anilines is 1. The van der Waals surface area contributed by atoms with Gasteiger partial charge in [-0.05, 0) is 37.2 Å². The lowest BCUT2D eigenvalue weighted by Crippen LogP contribution is -2.42. The Balaban J connectivity index is 1.60. The smallest absolute Gasteiger partial charge is 0.230 e. The Labute approximate surface area is 116 Å². The van der Waals surface area contributed by atoms with Crippen LogP contribution in [0.2, 0.25) is 0 Å². The van der Waals surface area contributed by atoms with Gasteiger partial charge in [0.15, 0.2) is 5.65 Å². The van der Waals surface area contributed by atoms with Crippen molar-refractivity contribution in [2.45, 2.75) is 25.3 Å². The lowest BCUT2D eigenvalue weighted by Gasteiger charge is -2.26. The predicted octanol–water partition coefficient (Wildman–Crippen LogP) is 1.04. The van der Waals surface area contributed by atoms with E-state index in [9.17, 15) is 4.79 Å². The third-order valence-corrected chi connectivity index (χ3v) is 4.82. The minimum absolute atomic E-state index is 0.00343. The molecule has 4 rings (SSSR count). The van der Waals surface area contributed by atoms with Crippen molar-refractivity contribution in [3.63, 3.8) is 0 Å². The molecule has 2 saturated carbocycles. The summed E-state index contributed by atoms with van der Waals surface area (Å²) in [5, 5.41) is 7.14. The molecule has 6 heteroatoms. The minimum atomic E-state index is -0.0625. The number of carbonyl (C=O) groups excluding carboxylic acids is 1. The van der Waals surface area contributed by atoms with Gasteiger partial charge in [0, 0.05) is 18.3 Å². The maximum atomic E-state index is 12.5. The number of carbonyl (C=O) groups is 1. The molecule has 6 nitrogen and oxygen atoms in total. The van der Waals surface area contributed by atoms with E-state index in [-0.39, 0.29) is 17.9 Å². The van der Waals surface area contributed by atoms with Crippen LogP contribution in [0.5, 0.6) is 0 Å². The highest BCUT2D eigenvalue weighted by atomic mass is 16.2. The molecule has 0 spiro atoms. The van der Waals surface area contributed by atoms with E-state index in [1.807, 2.05) is 0 Å². The van der Waals surface area contributed by atoms with Crippen LogP contribution < -0.4 is 11.1 Å². The zero-order valence-corrected chi connectivity index (χ0v) is 11.1. The molecule has 2 fully saturated rings. The van der Waals surface area contributed by atoms with E-state index in [4.69, 9.17) is 5.73 Å². The largest absolute Gasteiger partial charge is 0.327 e. The topological polar surface area (TPSA) is 85.3 Å². The van der Waals surface area contributed by atoms with Gasteiger partial charge in [0.2, 0.25) is 5.91 Å². The van der Waals surface area contributed by atoms with Crippen LogP contribution >= 0.6 is 0 Å². The van der Waals surface area contributed by atoms with E-state index in [1.165, 1.54) is 6.42 Å². The van der Waals surface area contributed by atoms with Crippen molar-refractivity contribution >= 4 is 17.4 Å². The lowest BCUT2D eigenvalue weighted by molar-refractivity contribution is -0.121. The van der Waals surface area contributed by atoms with Crippen LogP contribution in [0.15, 0.2) is 24.5 Å². The van der Waals surface area contributed by atoms with Gasteiger partial charge in [-0.15, -0.1) is 0 Å². The van der Waals surface area contributed by atoms with E-state index in [2.05, 4.69) is 15.4 Å². The molecule has 0 aromatic carbocycles. The summed E-state index contributed by atoms with van der Waals surface area (Å²) < 4.78 is 1.64. The summed E-state index contributed by atoms with van der Waals surface area (Å²) >= 11 is 0.